The van der Waals surface area contributed by atoms with Crippen molar-refractivity contribution in [3.63, 3.8) is 0 Å². The van der Waals surface area contributed by atoms with Crippen molar-refractivity contribution in [1.82, 2.24) is 4.90 Å². The van der Waals surface area contributed by atoms with E-state index in [1.54, 1.807) is 4.90 Å². The Morgan fingerprint density at radius 3 is 2.32 bits per heavy atom. The Hall–Kier alpha value is -1.71. The quantitative estimate of drug-likeness (QED) is 0.802. The number of benzene rings is 1. The number of rotatable bonds is 6. The van der Waals surface area contributed by atoms with Gasteiger partial charge in [0.2, 0.25) is 5.91 Å². The average molecular weight is 263 g/mol. The van der Waals surface area contributed by atoms with Crippen molar-refractivity contribution < 1.29 is 4.79 Å². The number of hydrogen-bond acceptors (Lipinski definition) is 3. The molecule has 2 N–H and O–H groups in total. The van der Waals surface area contributed by atoms with E-state index in [9.17, 15) is 4.79 Å². The third-order valence-electron chi connectivity index (χ3n) is 3.25. The summed E-state index contributed by atoms with van der Waals surface area (Å²) in [5.41, 5.74) is 7.48. The van der Waals surface area contributed by atoms with Crippen LogP contribution in [0.5, 0.6) is 0 Å². The molecule has 1 aromatic rings. The van der Waals surface area contributed by atoms with Crippen molar-refractivity contribution in [1.29, 1.82) is 0 Å². The molecule has 0 unspecified atom stereocenters. The first-order chi connectivity index (χ1) is 8.95. The molecule has 106 valence electrons. The van der Waals surface area contributed by atoms with Crippen molar-refractivity contribution in [3.8, 4) is 0 Å². The Labute approximate surface area is 116 Å². The van der Waals surface area contributed by atoms with Gasteiger partial charge in [0, 0.05) is 31.0 Å². The normalized spacial score (nSPS) is 10.6. The van der Waals surface area contributed by atoms with Gasteiger partial charge in [-0.25, -0.2) is 0 Å². The molecular formula is C15H25N3O. The maximum Gasteiger partial charge on any atom is 0.242 e. The van der Waals surface area contributed by atoms with E-state index >= 15 is 0 Å². The monoisotopic (exact) mass is 263 g/mol. The number of nitrogens with zero attached hydrogens (tertiary/aromatic N) is 2. The van der Waals surface area contributed by atoms with Gasteiger partial charge in [0.25, 0.3) is 0 Å². The number of carbonyl (C=O) groups excluding carboxylic acids is 1. The number of nitrogens with two attached hydrogens (primary N) is 1. The van der Waals surface area contributed by atoms with Gasteiger partial charge in [0.1, 0.15) is 0 Å². The molecule has 4 heteroatoms. The number of nitrogen functional groups attached to an aromatic ring is 1. The van der Waals surface area contributed by atoms with Crippen LogP contribution < -0.4 is 10.6 Å². The van der Waals surface area contributed by atoms with E-state index in [-0.39, 0.29) is 11.9 Å². The number of likely N-dealkylation sites (N-methyl/N-ethyl adjacent to an activating group) is 1. The minimum atomic E-state index is 0.139. The summed E-state index contributed by atoms with van der Waals surface area (Å²) in [6, 6.07) is 7.90. The molecule has 0 aliphatic carbocycles. The van der Waals surface area contributed by atoms with Crippen LogP contribution in [-0.4, -0.2) is 37.0 Å². The second-order valence-corrected chi connectivity index (χ2v) is 5.11. The highest BCUT2D eigenvalue weighted by molar-refractivity contribution is 5.81. The van der Waals surface area contributed by atoms with Gasteiger partial charge in [0.15, 0.2) is 0 Å². The lowest BCUT2D eigenvalue weighted by atomic mass is 10.2. The largest absolute Gasteiger partial charge is 0.399 e. The van der Waals surface area contributed by atoms with E-state index in [1.807, 2.05) is 45.2 Å². The Morgan fingerprint density at radius 1 is 1.26 bits per heavy atom. The molecule has 0 aliphatic rings. The van der Waals surface area contributed by atoms with E-state index in [1.165, 1.54) is 0 Å². The fourth-order valence-electron chi connectivity index (χ4n) is 1.82. The minimum absolute atomic E-state index is 0.139. The van der Waals surface area contributed by atoms with Gasteiger partial charge in [-0.1, -0.05) is 6.92 Å². The third kappa shape index (κ3) is 4.47. The highest BCUT2D eigenvalue weighted by atomic mass is 16.2. The van der Waals surface area contributed by atoms with Crippen molar-refractivity contribution in [2.75, 3.05) is 30.8 Å². The zero-order chi connectivity index (χ0) is 14.4. The topological polar surface area (TPSA) is 49.6 Å². The molecule has 19 heavy (non-hydrogen) atoms. The van der Waals surface area contributed by atoms with Crippen LogP contribution in [0.15, 0.2) is 24.3 Å². The first kappa shape index (κ1) is 15.3. The van der Waals surface area contributed by atoms with Crippen LogP contribution in [0, 0.1) is 0 Å². The van der Waals surface area contributed by atoms with Gasteiger partial charge < -0.3 is 15.5 Å². The molecule has 1 amide bonds. The Balaban J connectivity index is 2.78. The standard InChI is InChI=1S/C15H25N3O/c1-5-10-18(11-15(19)17(4)12(2)3)14-8-6-13(16)7-9-14/h6-9,12H,5,10-11,16H2,1-4H3. The van der Waals surface area contributed by atoms with Crippen molar-refractivity contribution >= 4 is 17.3 Å². The molecule has 0 bridgehead atoms. The Bertz CT molecular complexity index is 400. The first-order valence-corrected chi connectivity index (χ1v) is 6.81. The summed E-state index contributed by atoms with van der Waals surface area (Å²) in [4.78, 5) is 16.0. The van der Waals surface area contributed by atoms with Gasteiger partial charge in [-0.15, -0.1) is 0 Å². The fraction of sp³-hybridized carbons (Fsp3) is 0.533. The van der Waals surface area contributed by atoms with Gasteiger partial charge in [0.05, 0.1) is 6.54 Å². The summed E-state index contributed by atoms with van der Waals surface area (Å²) < 4.78 is 0. The van der Waals surface area contributed by atoms with E-state index in [0.29, 0.717) is 6.54 Å². The lowest BCUT2D eigenvalue weighted by molar-refractivity contribution is -0.129. The molecule has 0 aliphatic heterocycles. The predicted octanol–water partition coefficient (Wildman–Crippen LogP) is 2.35. The van der Waals surface area contributed by atoms with Crippen molar-refractivity contribution in [2.45, 2.75) is 33.2 Å². The number of hydrogen-bond donors (Lipinski definition) is 1. The second-order valence-electron chi connectivity index (χ2n) is 5.11. The Kier molecular flexibility index (Phi) is 5.67. The van der Waals surface area contributed by atoms with E-state index < -0.39 is 0 Å². The summed E-state index contributed by atoms with van der Waals surface area (Å²) in [7, 11) is 1.85. The van der Waals surface area contributed by atoms with Gasteiger partial charge in [-0.2, -0.15) is 0 Å². The molecular weight excluding hydrogens is 238 g/mol. The maximum atomic E-state index is 12.2. The molecule has 0 spiro atoms. The highest BCUT2D eigenvalue weighted by Crippen LogP contribution is 2.17. The van der Waals surface area contributed by atoms with Gasteiger partial charge in [-0.05, 0) is 44.5 Å². The highest BCUT2D eigenvalue weighted by Gasteiger charge is 2.16. The molecule has 0 heterocycles. The molecule has 0 saturated heterocycles. The van der Waals surface area contributed by atoms with Gasteiger partial charge in [-0.3, -0.25) is 4.79 Å². The average Bonchev–Trinajstić information content (AvgIpc) is 2.38. The molecule has 0 fully saturated rings. The van der Waals surface area contributed by atoms with E-state index in [2.05, 4.69) is 11.8 Å². The fourth-order valence-corrected chi connectivity index (χ4v) is 1.82. The van der Waals surface area contributed by atoms with Gasteiger partial charge >= 0.3 is 0 Å². The van der Waals surface area contributed by atoms with Crippen LogP contribution in [0.1, 0.15) is 27.2 Å². The summed E-state index contributed by atoms with van der Waals surface area (Å²) in [6.07, 6.45) is 1.00. The Morgan fingerprint density at radius 2 is 1.84 bits per heavy atom. The van der Waals surface area contributed by atoms with Crippen LogP contribution >= 0.6 is 0 Å². The molecule has 0 aromatic heterocycles. The van der Waals surface area contributed by atoms with E-state index in [0.717, 1.165) is 24.3 Å². The molecule has 0 saturated carbocycles. The molecule has 0 atom stereocenters. The van der Waals surface area contributed by atoms with E-state index in [4.69, 9.17) is 5.73 Å². The summed E-state index contributed by atoms with van der Waals surface area (Å²) >= 11 is 0. The molecule has 4 nitrogen and oxygen atoms in total. The molecule has 0 radical (unpaired) electrons. The van der Waals surface area contributed by atoms with Crippen LogP contribution in [0.2, 0.25) is 0 Å². The van der Waals surface area contributed by atoms with Crippen LogP contribution in [0.4, 0.5) is 11.4 Å². The lowest BCUT2D eigenvalue weighted by Gasteiger charge is -2.28. The van der Waals surface area contributed by atoms with Crippen LogP contribution in [0.3, 0.4) is 0 Å². The minimum Gasteiger partial charge on any atom is -0.399 e. The smallest absolute Gasteiger partial charge is 0.242 e. The number of amides is 1. The second kappa shape index (κ2) is 7.02. The number of carbonyl (C=O) groups is 1. The summed E-state index contributed by atoms with van der Waals surface area (Å²) in [5, 5.41) is 0. The summed E-state index contributed by atoms with van der Waals surface area (Å²) in [6.45, 7) is 7.42. The zero-order valence-corrected chi connectivity index (χ0v) is 12.4. The SMILES string of the molecule is CCCN(CC(=O)N(C)C(C)C)c1ccc(N)cc1. The first-order valence-electron chi connectivity index (χ1n) is 6.81. The van der Waals surface area contributed by atoms with Crippen LogP contribution in [0.25, 0.3) is 0 Å². The summed E-state index contributed by atoms with van der Waals surface area (Å²) in [5.74, 6) is 0.139. The zero-order valence-electron chi connectivity index (χ0n) is 12.4. The van der Waals surface area contributed by atoms with Crippen molar-refractivity contribution in [3.05, 3.63) is 24.3 Å². The molecule has 1 rings (SSSR count). The lowest BCUT2D eigenvalue weighted by Crippen LogP contribution is -2.41. The predicted molar refractivity (Wildman–Crippen MR) is 81.3 cm³/mol. The third-order valence-corrected chi connectivity index (χ3v) is 3.25. The number of anilines is 2. The van der Waals surface area contributed by atoms with Crippen molar-refractivity contribution in [2.24, 2.45) is 0 Å². The molecule has 1 aromatic carbocycles. The van der Waals surface area contributed by atoms with Crippen LogP contribution in [-0.2, 0) is 4.79 Å². The maximum absolute atomic E-state index is 12.2.